The summed E-state index contributed by atoms with van der Waals surface area (Å²) in [5.41, 5.74) is 7.71. The Hall–Kier alpha value is -1.19. The molecule has 2 rings (SSSR count). The van der Waals surface area contributed by atoms with Crippen molar-refractivity contribution in [3.63, 3.8) is 0 Å². The van der Waals surface area contributed by atoms with Gasteiger partial charge in [-0.2, -0.15) is 0 Å². The molecule has 4 heteroatoms. The van der Waals surface area contributed by atoms with Crippen molar-refractivity contribution in [3.05, 3.63) is 47.1 Å². The normalized spacial score (nSPS) is 10.4. The minimum atomic E-state index is 0.462. The van der Waals surface area contributed by atoms with E-state index in [4.69, 9.17) is 17.3 Å². The average molecular weight is 251 g/mol. The Kier molecular flexibility index (Phi) is 3.36. The van der Waals surface area contributed by atoms with Gasteiger partial charge in [-0.15, -0.1) is 0 Å². The van der Waals surface area contributed by atoms with E-state index in [9.17, 15) is 0 Å². The van der Waals surface area contributed by atoms with Crippen molar-refractivity contribution in [2.24, 2.45) is 0 Å². The lowest BCUT2D eigenvalue weighted by atomic mass is 10.2. The molecule has 0 aliphatic carbocycles. The van der Waals surface area contributed by atoms with Crippen molar-refractivity contribution in [1.82, 2.24) is 4.98 Å². The van der Waals surface area contributed by atoms with Gasteiger partial charge in [-0.25, -0.2) is 4.98 Å². The summed E-state index contributed by atoms with van der Waals surface area (Å²) in [6, 6.07) is 11.7. The molecule has 0 saturated carbocycles. The number of rotatable bonds is 2. The van der Waals surface area contributed by atoms with Gasteiger partial charge in [0, 0.05) is 4.90 Å². The molecule has 0 amide bonds. The highest BCUT2D eigenvalue weighted by atomic mass is 35.5. The fraction of sp³-hybridized carbons (Fsp3) is 0.0833. The zero-order chi connectivity index (χ0) is 11.5. The minimum Gasteiger partial charge on any atom is -0.397 e. The molecule has 2 N–H and O–H groups in total. The third-order valence-electron chi connectivity index (χ3n) is 2.09. The first kappa shape index (κ1) is 11.3. The molecule has 0 atom stereocenters. The fourth-order valence-corrected chi connectivity index (χ4v) is 2.25. The van der Waals surface area contributed by atoms with E-state index in [1.165, 1.54) is 17.3 Å². The Morgan fingerprint density at radius 3 is 2.50 bits per heavy atom. The summed E-state index contributed by atoms with van der Waals surface area (Å²) in [7, 11) is 0. The van der Waals surface area contributed by atoms with Crippen LogP contribution >= 0.6 is 23.4 Å². The van der Waals surface area contributed by atoms with Gasteiger partial charge in [0.15, 0.2) is 0 Å². The van der Waals surface area contributed by atoms with Gasteiger partial charge < -0.3 is 5.73 Å². The van der Waals surface area contributed by atoms with Crippen LogP contribution in [0, 0.1) is 6.92 Å². The van der Waals surface area contributed by atoms with Crippen LogP contribution in [0.3, 0.4) is 0 Å². The van der Waals surface area contributed by atoms with Gasteiger partial charge >= 0.3 is 0 Å². The molecule has 0 saturated heterocycles. The maximum atomic E-state index is 5.83. The highest BCUT2D eigenvalue weighted by Crippen LogP contribution is 2.31. The van der Waals surface area contributed by atoms with Gasteiger partial charge in [-0.3, -0.25) is 0 Å². The molecule has 0 fully saturated rings. The molecule has 0 aliphatic rings. The van der Waals surface area contributed by atoms with Crippen LogP contribution in [0.15, 0.2) is 46.3 Å². The topological polar surface area (TPSA) is 38.9 Å². The molecule has 16 heavy (non-hydrogen) atoms. The molecule has 0 bridgehead atoms. The van der Waals surface area contributed by atoms with E-state index in [-0.39, 0.29) is 0 Å². The van der Waals surface area contributed by atoms with Gasteiger partial charge in [0.2, 0.25) is 0 Å². The molecular formula is C12H11ClN2S. The molecule has 2 nitrogen and oxygen atoms in total. The zero-order valence-corrected chi connectivity index (χ0v) is 10.3. The quantitative estimate of drug-likeness (QED) is 0.825. The number of nitrogens with two attached hydrogens (primary N) is 1. The number of hydrogen-bond donors (Lipinski definition) is 1. The van der Waals surface area contributed by atoms with Crippen LogP contribution in [0.25, 0.3) is 0 Å². The van der Waals surface area contributed by atoms with Crippen LogP contribution in [0.2, 0.25) is 5.15 Å². The second-order valence-corrected chi connectivity index (χ2v) is 4.89. The van der Waals surface area contributed by atoms with Crippen molar-refractivity contribution in [2.75, 3.05) is 5.73 Å². The Morgan fingerprint density at radius 2 is 1.81 bits per heavy atom. The lowest BCUT2D eigenvalue weighted by Crippen LogP contribution is -1.91. The number of nitrogens with zero attached hydrogens (tertiary/aromatic N) is 1. The number of anilines is 1. The van der Waals surface area contributed by atoms with Crippen molar-refractivity contribution in [1.29, 1.82) is 0 Å². The van der Waals surface area contributed by atoms with E-state index in [2.05, 4.69) is 24.0 Å². The zero-order valence-electron chi connectivity index (χ0n) is 8.77. The minimum absolute atomic E-state index is 0.462. The maximum Gasteiger partial charge on any atom is 0.130 e. The number of aromatic nitrogens is 1. The van der Waals surface area contributed by atoms with E-state index >= 15 is 0 Å². The standard InChI is InChI=1S/C12H11ClN2S/c1-8-2-4-9(5-3-8)16-12-10(14)6-7-11(13)15-12/h2-7H,14H2,1H3. The van der Waals surface area contributed by atoms with Crippen molar-refractivity contribution in [2.45, 2.75) is 16.8 Å². The third-order valence-corrected chi connectivity index (χ3v) is 3.33. The van der Waals surface area contributed by atoms with Crippen molar-refractivity contribution in [3.8, 4) is 0 Å². The Bertz CT molecular complexity index is 497. The van der Waals surface area contributed by atoms with Gasteiger partial charge in [-0.1, -0.05) is 41.1 Å². The van der Waals surface area contributed by atoms with E-state index in [0.717, 1.165) is 9.92 Å². The summed E-state index contributed by atoms with van der Waals surface area (Å²) in [6.07, 6.45) is 0. The lowest BCUT2D eigenvalue weighted by Gasteiger charge is -2.04. The summed E-state index contributed by atoms with van der Waals surface area (Å²) in [5, 5.41) is 1.21. The Balaban J connectivity index is 2.26. The summed E-state index contributed by atoms with van der Waals surface area (Å²) < 4.78 is 0. The molecule has 1 aromatic carbocycles. The first-order valence-corrected chi connectivity index (χ1v) is 6.01. The summed E-state index contributed by atoms with van der Waals surface area (Å²) in [4.78, 5) is 5.30. The predicted molar refractivity (Wildman–Crippen MR) is 69.0 cm³/mol. The highest BCUT2D eigenvalue weighted by Gasteiger charge is 2.04. The van der Waals surface area contributed by atoms with E-state index in [0.29, 0.717) is 10.8 Å². The van der Waals surface area contributed by atoms with E-state index in [1.54, 1.807) is 12.1 Å². The van der Waals surface area contributed by atoms with E-state index < -0.39 is 0 Å². The van der Waals surface area contributed by atoms with Crippen LogP contribution in [0.4, 0.5) is 5.69 Å². The van der Waals surface area contributed by atoms with Crippen molar-refractivity contribution >= 4 is 29.1 Å². The first-order valence-electron chi connectivity index (χ1n) is 4.82. The van der Waals surface area contributed by atoms with E-state index in [1.807, 2.05) is 12.1 Å². The number of hydrogen-bond acceptors (Lipinski definition) is 3. The van der Waals surface area contributed by atoms with Crippen molar-refractivity contribution < 1.29 is 0 Å². The van der Waals surface area contributed by atoms with Crippen LogP contribution in [-0.2, 0) is 0 Å². The second-order valence-electron chi connectivity index (χ2n) is 3.44. The first-order chi connectivity index (χ1) is 7.65. The molecule has 0 aliphatic heterocycles. The smallest absolute Gasteiger partial charge is 0.130 e. The average Bonchev–Trinajstić information content (AvgIpc) is 2.27. The van der Waals surface area contributed by atoms with Crippen LogP contribution < -0.4 is 5.73 Å². The number of nitrogen functional groups attached to an aromatic ring is 1. The molecule has 0 radical (unpaired) electrons. The highest BCUT2D eigenvalue weighted by molar-refractivity contribution is 7.99. The Morgan fingerprint density at radius 1 is 1.12 bits per heavy atom. The van der Waals surface area contributed by atoms with Gasteiger partial charge in [0.25, 0.3) is 0 Å². The monoisotopic (exact) mass is 250 g/mol. The summed E-state index contributed by atoms with van der Waals surface area (Å²) >= 11 is 7.34. The van der Waals surface area contributed by atoms with Crippen LogP contribution in [-0.4, -0.2) is 4.98 Å². The van der Waals surface area contributed by atoms with Gasteiger partial charge in [0.1, 0.15) is 10.2 Å². The maximum absolute atomic E-state index is 5.83. The predicted octanol–water partition coefficient (Wildman–Crippen LogP) is 3.78. The Labute approximate surface area is 104 Å². The number of pyridine rings is 1. The van der Waals surface area contributed by atoms with Gasteiger partial charge in [0.05, 0.1) is 5.69 Å². The number of benzene rings is 1. The van der Waals surface area contributed by atoms with Gasteiger partial charge in [-0.05, 0) is 31.2 Å². The SMILES string of the molecule is Cc1ccc(Sc2nc(Cl)ccc2N)cc1. The third kappa shape index (κ3) is 2.68. The van der Waals surface area contributed by atoms with Crippen LogP contribution in [0.5, 0.6) is 0 Å². The molecular weight excluding hydrogens is 240 g/mol. The van der Waals surface area contributed by atoms with Crippen LogP contribution in [0.1, 0.15) is 5.56 Å². The number of halogens is 1. The molecule has 2 aromatic rings. The lowest BCUT2D eigenvalue weighted by molar-refractivity contribution is 1.14. The molecule has 1 aromatic heterocycles. The second kappa shape index (κ2) is 4.76. The number of aryl methyl sites for hydroxylation is 1. The fourth-order valence-electron chi connectivity index (χ4n) is 1.23. The molecule has 0 spiro atoms. The molecule has 0 unspecified atom stereocenters. The molecule has 1 heterocycles. The summed E-state index contributed by atoms with van der Waals surface area (Å²) in [5.74, 6) is 0. The largest absolute Gasteiger partial charge is 0.397 e. The summed E-state index contributed by atoms with van der Waals surface area (Å²) in [6.45, 7) is 2.06. The molecule has 82 valence electrons.